The minimum atomic E-state index is -7.70. The van der Waals surface area contributed by atoms with E-state index in [1.165, 1.54) is 0 Å². The van der Waals surface area contributed by atoms with Gasteiger partial charge in [0.1, 0.15) is 0 Å². The Morgan fingerprint density at radius 1 is 0.415 bits per heavy atom. The smallest absolute Gasteiger partial charge is 0.427 e. The zero-order chi connectivity index (χ0) is 41.9. The van der Waals surface area contributed by atoms with E-state index < -0.39 is 111 Å². The molecule has 0 bridgehead atoms. The molecule has 0 fully saturated rings. The molecule has 0 saturated carbocycles. The maximum atomic E-state index is 15.1. The highest BCUT2D eigenvalue weighted by molar-refractivity contribution is 5.59. The molecule has 0 atom stereocenters. The van der Waals surface area contributed by atoms with Crippen molar-refractivity contribution in [3.05, 3.63) is 71.2 Å². The molecule has 0 aliphatic heterocycles. The van der Waals surface area contributed by atoms with Gasteiger partial charge in [-0.1, -0.05) is 0 Å². The Hall–Kier alpha value is -4.56. The highest BCUT2D eigenvalue weighted by atomic mass is 19.4. The first-order chi connectivity index (χ1) is 23.4. The molecule has 2 aromatic carbocycles. The molecule has 0 saturated heterocycles. The largest absolute Gasteiger partial charge is 0.460 e. The van der Waals surface area contributed by atoms with Crippen molar-refractivity contribution in [1.29, 1.82) is 0 Å². The van der Waals surface area contributed by atoms with Gasteiger partial charge in [0.2, 0.25) is 11.7 Å². The van der Waals surface area contributed by atoms with Gasteiger partial charge in [-0.05, 0) is 36.4 Å². The number of allylic oxidation sites excluding steroid dienone is 2. The Bertz CT molecular complexity index is 1630. The molecule has 0 heterocycles. The van der Waals surface area contributed by atoms with Gasteiger partial charge >= 0.3 is 59.9 Å². The van der Waals surface area contributed by atoms with Crippen LogP contribution in [0.15, 0.2) is 60.1 Å². The average Bonchev–Trinajstić information content (AvgIpc) is 3.00. The molecule has 300 valence electrons. The molecule has 0 aromatic heterocycles. The Labute approximate surface area is 275 Å². The molecule has 53 heavy (non-hydrogen) atoms. The van der Waals surface area contributed by atoms with Crippen LogP contribution in [0.5, 0.6) is 11.5 Å². The van der Waals surface area contributed by atoms with Crippen molar-refractivity contribution >= 4 is 11.4 Å². The summed E-state index contributed by atoms with van der Waals surface area (Å²) in [4.78, 5) is 0. The monoisotopic (exact) mass is 826 g/mol. The minimum Gasteiger partial charge on any atom is -0.427 e. The quantitative estimate of drug-likeness (QED) is 0.127. The fraction of sp³-hybridized carbons (Fsp3) is 0.360. The molecule has 4 nitrogen and oxygen atoms in total. The predicted molar refractivity (Wildman–Crippen MR) is 126 cm³/mol. The van der Waals surface area contributed by atoms with Crippen LogP contribution in [0.2, 0.25) is 0 Å². The summed E-state index contributed by atoms with van der Waals surface area (Å²) in [6.45, 7) is 0. The number of halogens is 24. The summed E-state index contributed by atoms with van der Waals surface area (Å²) in [5, 5.41) is 0. The Balaban J connectivity index is 2.43. The van der Waals surface area contributed by atoms with Crippen LogP contribution in [0.4, 0.5) is 117 Å². The highest BCUT2D eigenvalue weighted by Gasteiger charge is 2.84. The lowest BCUT2D eigenvalue weighted by molar-refractivity contribution is -0.392. The molecule has 0 aliphatic carbocycles. The van der Waals surface area contributed by atoms with Crippen molar-refractivity contribution in [1.82, 2.24) is 0 Å². The Morgan fingerprint density at radius 2 is 0.679 bits per heavy atom. The van der Waals surface area contributed by atoms with Crippen LogP contribution in [0.3, 0.4) is 0 Å². The topological polar surface area (TPSA) is 70.5 Å². The predicted octanol–water partition coefficient (Wildman–Crippen LogP) is 10.9. The fourth-order valence-electron chi connectivity index (χ4n) is 3.40. The van der Waals surface area contributed by atoms with Crippen molar-refractivity contribution in [2.75, 3.05) is 11.5 Å². The lowest BCUT2D eigenvalue weighted by atomic mass is 9.99. The van der Waals surface area contributed by atoms with Crippen LogP contribution in [-0.4, -0.2) is 47.9 Å². The summed E-state index contributed by atoms with van der Waals surface area (Å²) in [6.07, 6.45) is -14.9. The number of nitrogen functional groups attached to an aromatic ring is 2. The molecular formula is C25H10F24N2O2. The van der Waals surface area contributed by atoms with Crippen molar-refractivity contribution in [3.8, 4) is 11.5 Å². The summed E-state index contributed by atoms with van der Waals surface area (Å²) >= 11 is 0. The summed E-state index contributed by atoms with van der Waals surface area (Å²) in [6, 6.07) is -7.13. The second-order valence-corrected chi connectivity index (χ2v) is 9.90. The lowest BCUT2D eigenvalue weighted by Crippen LogP contribution is -2.61. The van der Waals surface area contributed by atoms with Gasteiger partial charge in [-0.2, -0.15) is 105 Å². The number of nitrogens with two attached hydrogens (primary N) is 2. The van der Waals surface area contributed by atoms with Crippen LogP contribution in [0.25, 0.3) is 0 Å². The molecular weight excluding hydrogens is 816 g/mol. The maximum absolute atomic E-state index is 15.1. The Morgan fingerprint density at radius 3 is 0.906 bits per heavy atom. The van der Waals surface area contributed by atoms with Crippen molar-refractivity contribution < 1.29 is 115 Å². The zero-order valence-electron chi connectivity index (χ0n) is 24.0. The molecule has 28 heteroatoms. The van der Waals surface area contributed by atoms with Crippen LogP contribution in [0, 0.1) is 0 Å². The van der Waals surface area contributed by atoms with E-state index in [2.05, 4.69) is 9.47 Å². The minimum absolute atomic E-state index is 0.00803. The molecule has 2 rings (SSSR count). The van der Waals surface area contributed by atoms with Crippen molar-refractivity contribution in [3.63, 3.8) is 0 Å². The van der Waals surface area contributed by atoms with Crippen molar-refractivity contribution in [2.45, 2.75) is 53.8 Å². The molecule has 0 spiro atoms. The molecule has 0 radical (unpaired) electrons. The first-order valence-electron chi connectivity index (χ1n) is 12.4. The number of hydrogen-bond donors (Lipinski definition) is 2. The van der Waals surface area contributed by atoms with E-state index in [-0.39, 0.29) is 36.4 Å². The molecule has 4 N–H and O–H groups in total. The fourth-order valence-corrected chi connectivity index (χ4v) is 3.40. The normalized spacial score (nSPS) is 15.5. The number of benzene rings is 2. The standard InChI is InChI=1S/C25H10F24N2O2/c26-13(18(32,33)20(36,37)22(40,41)24(44,45)46)15(28)52-11-3-1-7(5-9(11)50)17(30,31)8-2-4-12(10(51)6-8)53-16(29)14(27)19(34,35)21(38,39)23(42,43)25(47,48)49/h1-6H,50-51H2. The van der Waals surface area contributed by atoms with Crippen LogP contribution < -0.4 is 20.9 Å². The van der Waals surface area contributed by atoms with E-state index in [1.807, 2.05) is 0 Å². The number of ether oxygens (including phenoxy) is 2. The van der Waals surface area contributed by atoms with Crippen molar-refractivity contribution in [2.24, 2.45) is 0 Å². The number of alkyl halides is 20. The van der Waals surface area contributed by atoms with Gasteiger partial charge in [0.25, 0.3) is 5.92 Å². The van der Waals surface area contributed by atoms with E-state index in [4.69, 9.17) is 11.5 Å². The second-order valence-electron chi connectivity index (χ2n) is 9.90. The summed E-state index contributed by atoms with van der Waals surface area (Å²) < 4.78 is 326. The first-order valence-corrected chi connectivity index (χ1v) is 12.4. The third-order valence-corrected chi connectivity index (χ3v) is 6.33. The van der Waals surface area contributed by atoms with E-state index in [1.54, 1.807) is 0 Å². The maximum Gasteiger partial charge on any atom is 0.460 e. The summed E-state index contributed by atoms with van der Waals surface area (Å²) in [7, 11) is 0. The molecule has 2 aromatic rings. The van der Waals surface area contributed by atoms with Gasteiger partial charge < -0.3 is 20.9 Å². The average molecular weight is 826 g/mol. The molecule has 0 aliphatic rings. The van der Waals surface area contributed by atoms with E-state index in [9.17, 15) is 96.6 Å². The van der Waals surface area contributed by atoms with Gasteiger partial charge in [-0.25, -0.2) is 0 Å². The van der Waals surface area contributed by atoms with Gasteiger partial charge in [-0.3, -0.25) is 0 Å². The van der Waals surface area contributed by atoms with Gasteiger partial charge in [0.05, 0.1) is 11.4 Å². The van der Waals surface area contributed by atoms with Gasteiger partial charge in [0, 0.05) is 11.1 Å². The first kappa shape index (κ1) is 44.6. The van der Waals surface area contributed by atoms with Crippen LogP contribution >= 0.6 is 0 Å². The number of anilines is 2. The van der Waals surface area contributed by atoms with E-state index in [0.29, 0.717) is 0 Å². The SMILES string of the molecule is Nc1cc(C(F)(F)c2ccc(OC(F)=C(F)C(F)(F)C(F)(F)C(F)(F)C(F)(F)F)c(N)c2)ccc1OC(F)=C(F)C(F)(F)C(F)(F)C(F)(F)C(F)(F)F. The lowest BCUT2D eigenvalue weighted by Gasteiger charge is -2.32. The summed E-state index contributed by atoms with van der Waals surface area (Å²) in [5.74, 6) is -61.7. The number of hydrogen-bond acceptors (Lipinski definition) is 4. The van der Waals surface area contributed by atoms with Gasteiger partial charge in [0.15, 0.2) is 11.5 Å². The van der Waals surface area contributed by atoms with Crippen LogP contribution in [0.1, 0.15) is 11.1 Å². The highest BCUT2D eigenvalue weighted by Crippen LogP contribution is 2.57. The van der Waals surface area contributed by atoms with Crippen LogP contribution in [-0.2, 0) is 5.92 Å². The zero-order valence-corrected chi connectivity index (χ0v) is 24.0. The number of rotatable bonds is 12. The molecule has 0 unspecified atom stereocenters. The second kappa shape index (κ2) is 13.4. The van der Waals surface area contributed by atoms with Gasteiger partial charge in [-0.15, -0.1) is 0 Å². The van der Waals surface area contributed by atoms with E-state index >= 15 is 8.78 Å². The Kier molecular flexibility index (Phi) is 11.3. The molecule has 0 amide bonds. The third kappa shape index (κ3) is 7.35. The van der Waals surface area contributed by atoms with E-state index in [0.717, 1.165) is 0 Å². The third-order valence-electron chi connectivity index (χ3n) is 6.33. The summed E-state index contributed by atoms with van der Waals surface area (Å²) in [5.41, 5.74) is 4.74.